The molecule has 27 heavy (non-hydrogen) atoms. The Morgan fingerprint density at radius 1 is 1.30 bits per heavy atom. The molecule has 142 valence electrons. The summed E-state index contributed by atoms with van der Waals surface area (Å²) in [6.45, 7) is 6.31. The van der Waals surface area contributed by atoms with Gasteiger partial charge >= 0.3 is 0 Å². The molecule has 3 heterocycles. The van der Waals surface area contributed by atoms with Gasteiger partial charge in [-0.25, -0.2) is 0 Å². The minimum Gasteiger partial charge on any atom is -0.392 e. The first kappa shape index (κ1) is 18.2. The molecule has 0 bridgehead atoms. The van der Waals surface area contributed by atoms with Crippen molar-refractivity contribution >= 4 is 16.6 Å². The van der Waals surface area contributed by atoms with Crippen molar-refractivity contribution in [2.45, 2.75) is 38.1 Å². The number of nitriles is 1. The number of aliphatic hydroxyl groups is 1. The lowest BCUT2D eigenvalue weighted by atomic mass is 10.1. The lowest BCUT2D eigenvalue weighted by molar-refractivity contribution is -0.0426. The first-order valence-electron chi connectivity index (χ1n) is 9.72. The van der Waals surface area contributed by atoms with Gasteiger partial charge in [-0.05, 0) is 50.6 Å². The van der Waals surface area contributed by atoms with E-state index < -0.39 is 0 Å². The number of rotatable bonds is 3. The molecule has 1 aromatic carbocycles. The minimum absolute atomic E-state index is 0.0985. The van der Waals surface area contributed by atoms with E-state index >= 15 is 0 Å². The molecule has 2 aliphatic rings. The van der Waals surface area contributed by atoms with Crippen molar-refractivity contribution in [3.8, 4) is 6.07 Å². The number of aromatic nitrogens is 1. The molecule has 1 aromatic heterocycles. The predicted octanol–water partition coefficient (Wildman–Crippen LogP) is 2.16. The minimum atomic E-state index is -0.218. The lowest BCUT2D eigenvalue weighted by Crippen LogP contribution is -2.52. The van der Waals surface area contributed by atoms with Gasteiger partial charge in [0.25, 0.3) is 0 Å². The van der Waals surface area contributed by atoms with E-state index in [0.29, 0.717) is 5.56 Å². The second-order valence-corrected chi connectivity index (χ2v) is 7.67. The quantitative estimate of drug-likeness (QED) is 0.897. The van der Waals surface area contributed by atoms with Crippen LogP contribution in [-0.4, -0.2) is 66.0 Å². The van der Waals surface area contributed by atoms with Crippen LogP contribution in [-0.2, 0) is 4.74 Å². The van der Waals surface area contributed by atoms with Gasteiger partial charge in [-0.3, -0.25) is 9.88 Å². The molecular weight excluding hydrogens is 340 g/mol. The first-order chi connectivity index (χ1) is 13.1. The van der Waals surface area contributed by atoms with Gasteiger partial charge in [-0.2, -0.15) is 5.26 Å². The number of pyridine rings is 1. The Morgan fingerprint density at radius 3 is 3.00 bits per heavy atom. The van der Waals surface area contributed by atoms with Crippen molar-refractivity contribution in [3.05, 3.63) is 36.0 Å². The van der Waals surface area contributed by atoms with E-state index in [1.54, 1.807) is 6.20 Å². The molecule has 0 spiro atoms. The summed E-state index contributed by atoms with van der Waals surface area (Å²) in [6.07, 6.45) is 3.68. The van der Waals surface area contributed by atoms with Crippen molar-refractivity contribution in [1.29, 1.82) is 5.26 Å². The van der Waals surface area contributed by atoms with E-state index in [0.717, 1.165) is 62.2 Å². The molecule has 6 nitrogen and oxygen atoms in total. The van der Waals surface area contributed by atoms with Gasteiger partial charge in [-0.1, -0.05) is 0 Å². The van der Waals surface area contributed by atoms with Crippen molar-refractivity contribution in [2.75, 3.05) is 37.6 Å². The largest absolute Gasteiger partial charge is 0.392 e. The molecule has 0 aliphatic carbocycles. The predicted molar refractivity (Wildman–Crippen MR) is 105 cm³/mol. The number of aliphatic hydroxyl groups excluding tert-OH is 1. The highest BCUT2D eigenvalue weighted by atomic mass is 16.5. The van der Waals surface area contributed by atoms with Gasteiger partial charge in [0, 0.05) is 43.4 Å². The van der Waals surface area contributed by atoms with Crippen LogP contribution >= 0.6 is 0 Å². The molecule has 0 amide bonds. The number of hydrogen-bond donors (Lipinski definition) is 1. The van der Waals surface area contributed by atoms with Crippen molar-refractivity contribution in [1.82, 2.24) is 9.88 Å². The van der Waals surface area contributed by atoms with E-state index in [4.69, 9.17) is 4.74 Å². The third kappa shape index (κ3) is 3.91. The topological polar surface area (TPSA) is 72.6 Å². The van der Waals surface area contributed by atoms with Gasteiger partial charge in [0.15, 0.2) is 0 Å². The summed E-state index contributed by atoms with van der Waals surface area (Å²) in [5.74, 6) is 0. The number of hydrogen-bond acceptors (Lipinski definition) is 6. The fraction of sp³-hybridized carbons (Fsp3) is 0.524. The zero-order valence-corrected chi connectivity index (χ0v) is 15.7. The molecule has 2 fully saturated rings. The van der Waals surface area contributed by atoms with E-state index in [1.807, 2.05) is 24.3 Å². The number of likely N-dealkylation sites (tertiary alicyclic amines) is 1. The Bertz CT molecular complexity index is 850. The van der Waals surface area contributed by atoms with Crippen LogP contribution in [0.3, 0.4) is 0 Å². The van der Waals surface area contributed by atoms with E-state index in [9.17, 15) is 10.4 Å². The Labute approximate surface area is 160 Å². The number of piperidine rings is 1. The maximum Gasteiger partial charge on any atom is 0.101 e. The number of anilines is 1. The summed E-state index contributed by atoms with van der Waals surface area (Å²) in [5, 5.41) is 20.3. The van der Waals surface area contributed by atoms with Crippen LogP contribution in [0.5, 0.6) is 0 Å². The molecule has 0 saturated carbocycles. The second kappa shape index (κ2) is 7.81. The molecule has 1 N–H and O–H groups in total. The smallest absolute Gasteiger partial charge is 0.101 e. The highest BCUT2D eigenvalue weighted by Gasteiger charge is 2.29. The molecule has 2 aliphatic heterocycles. The third-order valence-electron chi connectivity index (χ3n) is 5.48. The number of benzene rings is 1. The fourth-order valence-corrected chi connectivity index (χ4v) is 4.35. The number of fused-ring (bicyclic) bond motifs is 1. The van der Waals surface area contributed by atoms with Crippen LogP contribution in [0.15, 0.2) is 30.5 Å². The number of nitrogens with zero attached hydrogens (tertiary/aromatic N) is 4. The molecule has 2 saturated heterocycles. The highest BCUT2D eigenvalue weighted by Crippen LogP contribution is 2.30. The van der Waals surface area contributed by atoms with Crippen LogP contribution in [0.2, 0.25) is 0 Å². The van der Waals surface area contributed by atoms with Crippen LogP contribution in [0, 0.1) is 11.3 Å². The Hall–Kier alpha value is -2.20. The van der Waals surface area contributed by atoms with Gasteiger partial charge in [0.2, 0.25) is 0 Å². The first-order valence-corrected chi connectivity index (χ1v) is 9.72. The van der Waals surface area contributed by atoms with Gasteiger partial charge < -0.3 is 14.7 Å². The summed E-state index contributed by atoms with van der Waals surface area (Å²) in [7, 11) is 0. The maximum atomic E-state index is 9.93. The van der Waals surface area contributed by atoms with Crippen molar-refractivity contribution in [3.63, 3.8) is 0 Å². The fourth-order valence-electron chi connectivity index (χ4n) is 4.35. The van der Waals surface area contributed by atoms with Crippen molar-refractivity contribution in [2.24, 2.45) is 0 Å². The average Bonchev–Trinajstić information content (AvgIpc) is 2.66. The molecule has 6 heteroatoms. The third-order valence-corrected chi connectivity index (χ3v) is 5.48. The Morgan fingerprint density at radius 2 is 2.19 bits per heavy atom. The summed E-state index contributed by atoms with van der Waals surface area (Å²) < 4.78 is 6.20. The zero-order valence-electron chi connectivity index (χ0n) is 15.7. The van der Waals surface area contributed by atoms with E-state index in [1.165, 1.54) is 0 Å². The molecular formula is C21H26N4O2. The average molecular weight is 366 g/mol. The SMILES string of the molecule is C[C@@H]1CN(c2ccc(C#N)c3ncccc23)C[C@H](CN2CCC[C@@H](O)C2)O1. The van der Waals surface area contributed by atoms with Crippen molar-refractivity contribution < 1.29 is 9.84 Å². The van der Waals surface area contributed by atoms with Crippen LogP contribution in [0.1, 0.15) is 25.3 Å². The van der Waals surface area contributed by atoms with E-state index in [-0.39, 0.29) is 18.3 Å². The standard InChI is InChI=1S/C21H26N4O2/c1-15-11-25(14-18(27-15)13-24-9-3-4-17(26)12-24)20-7-6-16(10-22)21-19(20)5-2-8-23-21/h2,5-8,15,17-18,26H,3-4,9,11-14H2,1H3/t15-,17-,18+/m1/s1. The second-order valence-electron chi connectivity index (χ2n) is 7.67. The van der Waals surface area contributed by atoms with E-state index in [2.05, 4.69) is 27.8 Å². The Kier molecular flexibility index (Phi) is 5.26. The molecule has 3 atom stereocenters. The number of β-amino-alcohol motifs (C(OH)–C–C–N with tert-alkyl or cyclic N) is 1. The van der Waals surface area contributed by atoms with Crippen LogP contribution in [0.4, 0.5) is 5.69 Å². The number of morpholine rings is 1. The molecule has 0 unspecified atom stereocenters. The Balaban J connectivity index is 1.57. The van der Waals surface area contributed by atoms with Crippen LogP contribution < -0.4 is 4.90 Å². The highest BCUT2D eigenvalue weighted by molar-refractivity contribution is 5.95. The number of ether oxygens (including phenoxy) is 1. The van der Waals surface area contributed by atoms with Gasteiger partial charge in [-0.15, -0.1) is 0 Å². The summed E-state index contributed by atoms with van der Waals surface area (Å²) >= 11 is 0. The molecule has 2 aromatic rings. The molecule has 0 radical (unpaired) electrons. The molecule has 4 rings (SSSR count). The van der Waals surface area contributed by atoms with Crippen LogP contribution in [0.25, 0.3) is 10.9 Å². The monoisotopic (exact) mass is 366 g/mol. The normalized spacial score (nSPS) is 26.9. The lowest BCUT2D eigenvalue weighted by Gasteiger charge is -2.41. The van der Waals surface area contributed by atoms with Gasteiger partial charge in [0.1, 0.15) is 6.07 Å². The van der Waals surface area contributed by atoms with Gasteiger partial charge in [0.05, 0.1) is 29.4 Å². The summed E-state index contributed by atoms with van der Waals surface area (Å²) in [5.41, 5.74) is 2.47. The maximum absolute atomic E-state index is 9.93. The summed E-state index contributed by atoms with van der Waals surface area (Å²) in [6, 6.07) is 10.1. The summed E-state index contributed by atoms with van der Waals surface area (Å²) in [4.78, 5) is 9.10. The zero-order chi connectivity index (χ0) is 18.8.